The van der Waals surface area contributed by atoms with Gasteiger partial charge >= 0.3 is 0 Å². The van der Waals surface area contributed by atoms with Gasteiger partial charge in [0.05, 0.1) is 5.69 Å². The molecule has 31 heavy (non-hydrogen) atoms. The van der Waals surface area contributed by atoms with Crippen LogP contribution in [0.1, 0.15) is 30.1 Å². The number of carbonyl (C=O) groups excluding carboxylic acids is 1. The molecule has 5 rings (SSSR count). The van der Waals surface area contributed by atoms with Gasteiger partial charge in [-0.1, -0.05) is 30.3 Å². The Balaban J connectivity index is 1.28. The minimum Gasteiger partial charge on any atom is -0.341 e. The fraction of sp³-hybridized carbons (Fsp3) is 0.435. The van der Waals surface area contributed by atoms with Gasteiger partial charge < -0.3 is 4.90 Å². The van der Waals surface area contributed by atoms with Crippen LogP contribution < -0.4 is 5.56 Å². The van der Waals surface area contributed by atoms with Crippen molar-refractivity contribution in [2.75, 3.05) is 39.3 Å². The van der Waals surface area contributed by atoms with E-state index in [4.69, 9.17) is 0 Å². The van der Waals surface area contributed by atoms with E-state index in [9.17, 15) is 9.59 Å². The van der Waals surface area contributed by atoms with E-state index < -0.39 is 0 Å². The Morgan fingerprint density at radius 3 is 2.52 bits per heavy atom. The highest BCUT2D eigenvalue weighted by Gasteiger charge is 2.34. The summed E-state index contributed by atoms with van der Waals surface area (Å²) in [6, 6.07) is 11.6. The molecule has 1 aromatic carbocycles. The van der Waals surface area contributed by atoms with Crippen LogP contribution in [0.25, 0.3) is 4.96 Å². The zero-order valence-electron chi connectivity index (χ0n) is 17.5. The number of hydrogen-bond donors (Lipinski definition) is 0. The molecular weight excluding hydrogens is 410 g/mol. The number of carbonyl (C=O) groups is 1. The van der Waals surface area contributed by atoms with Crippen molar-refractivity contribution in [3.63, 3.8) is 0 Å². The second kappa shape index (κ2) is 8.90. The van der Waals surface area contributed by atoms with Crippen LogP contribution in [0.4, 0.5) is 0 Å². The number of rotatable bonds is 5. The van der Waals surface area contributed by atoms with Crippen molar-refractivity contribution in [2.24, 2.45) is 0 Å². The van der Waals surface area contributed by atoms with Crippen molar-refractivity contribution in [1.29, 1.82) is 0 Å². The molecule has 3 aromatic rings. The largest absolute Gasteiger partial charge is 0.341 e. The van der Waals surface area contributed by atoms with Crippen molar-refractivity contribution in [2.45, 2.75) is 25.4 Å². The third-order valence-corrected chi connectivity index (χ3v) is 7.04. The lowest BCUT2D eigenvalue weighted by molar-refractivity contribution is -0.137. The van der Waals surface area contributed by atoms with Crippen LogP contribution >= 0.6 is 11.3 Å². The van der Waals surface area contributed by atoms with Crippen LogP contribution in [0.3, 0.4) is 0 Å². The number of likely N-dealkylation sites (tertiary alicyclic amines) is 1. The molecule has 0 spiro atoms. The summed E-state index contributed by atoms with van der Waals surface area (Å²) in [6.07, 6.45) is 3.96. The van der Waals surface area contributed by atoms with Crippen molar-refractivity contribution < 1.29 is 4.79 Å². The molecule has 1 unspecified atom stereocenters. The monoisotopic (exact) mass is 437 g/mol. The first-order valence-electron chi connectivity index (χ1n) is 10.9. The Morgan fingerprint density at radius 1 is 1.03 bits per heavy atom. The van der Waals surface area contributed by atoms with E-state index >= 15 is 0 Å². The lowest BCUT2D eigenvalue weighted by Gasteiger charge is -2.39. The van der Waals surface area contributed by atoms with Crippen LogP contribution in [0.5, 0.6) is 0 Å². The van der Waals surface area contributed by atoms with E-state index in [0.717, 1.165) is 68.3 Å². The number of piperazine rings is 1. The van der Waals surface area contributed by atoms with Gasteiger partial charge in [-0.25, -0.2) is 4.98 Å². The number of nitrogens with zero attached hydrogens (tertiary/aromatic N) is 5. The minimum absolute atomic E-state index is 0.0276. The second-order valence-corrected chi connectivity index (χ2v) is 9.17. The number of benzene rings is 1. The molecule has 2 aliphatic heterocycles. The molecule has 0 bridgehead atoms. The molecule has 2 saturated heterocycles. The average molecular weight is 438 g/mol. The van der Waals surface area contributed by atoms with E-state index in [1.807, 2.05) is 28.5 Å². The van der Waals surface area contributed by atoms with Crippen LogP contribution in [0.2, 0.25) is 0 Å². The van der Waals surface area contributed by atoms with Crippen LogP contribution in [0.15, 0.2) is 52.8 Å². The summed E-state index contributed by atoms with van der Waals surface area (Å²) in [4.78, 5) is 37.7. The van der Waals surface area contributed by atoms with Crippen LogP contribution in [0, 0.1) is 0 Å². The number of thiazole rings is 1. The summed E-state index contributed by atoms with van der Waals surface area (Å²) in [7, 11) is 0. The highest BCUT2D eigenvalue weighted by atomic mass is 32.1. The van der Waals surface area contributed by atoms with Gasteiger partial charge in [0.2, 0.25) is 5.91 Å². The molecule has 0 aliphatic carbocycles. The third kappa shape index (κ3) is 4.28. The average Bonchev–Trinajstić information content (AvgIpc) is 3.48. The Hall–Kier alpha value is -2.55. The van der Waals surface area contributed by atoms with Gasteiger partial charge in [0.15, 0.2) is 4.96 Å². The quantitative estimate of drug-likeness (QED) is 0.613. The molecule has 2 fully saturated rings. The second-order valence-electron chi connectivity index (χ2n) is 8.30. The summed E-state index contributed by atoms with van der Waals surface area (Å²) in [5.74, 6) is 0.231. The zero-order valence-corrected chi connectivity index (χ0v) is 18.3. The predicted molar refractivity (Wildman–Crippen MR) is 121 cm³/mol. The topological polar surface area (TPSA) is 61.2 Å². The summed E-state index contributed by atoms with van der Waals surface area (Å²) < 4.78 is 1.58. The normalized spacial score (nSPS) is 19.2. The van der Waals surface area contributed by atoms with E-state index in [2.05, 4.69) is 26.9 Å². The molecule has 0 radical (unpaired) electrons. The van der Waals surface area contributed by atoms with Gasteiger partial charge in [0, 0.05) is 63.5 Å². The predicted octanol–water partition coefficient (Wildman–Crippen LogP) is 2.24. The highest BCUT2D eigenvalue weighted by molar-refractivity contribution is 7.15. The number of amides is 1. The van der Waals surface area contributed by atoms with Crippen molar-refractivity contribution >= 4 is 22.2 Å². The number of aromatic nitrogens is 2. The molecule has 8 heteroatoms. The fourth-order valence-corrected chi connectivity index (χ4v) is 5.37. The Kier molecular flexibility index (Phi) is 5.85. The molecule has 1 amide bonds. The summed E-state index contributed by atoms with van der Waals surface area (Å²) in [5, 5.41) is 1.88. The standard InChI is InChI=1S/C23H27N5O2S/c29-20-16-19(24-23-28(20)14-15-31-23)17-25-10-12-26(13-11-25)21(18-6-2-1-3-7-18)22(30)27-8-4-5-9-27/h1-3,6-7,14-16,21H,4-5,8-13,17H2. The van der Waals surface area contributed by atoms with Crippen molar-refractivity contribution in [1.82, 2.24) is 24.1 Å². The van der Waals surface area contributed by atoms with Gasteiger partial charge in [-0.2, -0.15) is 0 Å². The summed E-state index contributed by atoms with van der Waals surface area (Å²) in [6.45, 7) is 5.74. The van der Waals surface area contributed by atoms with Crippen molar-refractivity contribution in [3.05, 3.63) is 69.6 Å². The maximum atomic E-state index is 13.4. The van der Waals surface area contributed by atoms with E-state index in [-0.39, 0.29) is 17.5 Å². The zero-order chi connectivity index (χ0) is 21.2. The maximum absolute atomic E-state index is 13.4. The smallest absolute Gasteiger partial charge is 0.258 e. The van der Waals surface area contributed by atoms with Gasteiger partial charge in [-0.15, -0.1) is 11.3 Å². The number of fused-ring (bicyclic) bond motifs is 1. The molecule has 162 valence electrons. The fourth-order valence-electron chi connectivity index (χ4n) is 4.63. The Morgan fingerprint density at radius 2 is 1.77 bits per heavy atom. The van der Waals surface area contributed by atoms with Crippen molar-refractivity contribution in [3.8, 4) is 0 Å². The van der Waals surface area contributed by atoms with Crippen LogP contribution in [-0.2, 0) is 11.3 Å². The Bertz CT molecular complexity index is 1100. The molecule has 2 aliphatic rings. The van der Waals surface area contributed by atoms with Gasteiger partial charge in [-0.3, -0.25) is 23.8 Å². The molecular formula is C23H27N5O2S. The minimum atomic E-state index is -0.216. The van der Waals surface area contributed by atoms with E-state index in [0.29, 0.717) is 6.54 Å². The lowest BCUT2D eigenvalue weighted by Crippen LogP contribution is -2.51. The first kappa shape index (κ1) is 20.4. The summed E-state index contributed by atoms with van der Waals surface area (Å²) >= 11 is 1.48. The highest BCUT2D eigenvalue weighted by Crippen LogP contribution is 2.26. The Labute approximate surface area is 185 Å². The summed E-state index contributed by atoms with van der Waals surface area (Å²) in [5.41, 5.74) is 1.86. The molecule has 4 heterocycles. The van der Waals surface area contributed by atoms with Gasteiger partial charge in [0.1, 0.15) is 6.04 Å². The maximum Gasteiger partial charge on any atom is 0.258 e. The van der Waals surface area contributed by atoms with Gasteiger partial charge in [0.25, 0.3) is 5.56 Å². The number of hydrogen-bond acceptors (Lipinski definition) is 6. The molecule has 1 atom stereocenters. The third-order valence-electron chi connectivity index (χ3n) is 6.28. The van der Waals surface area contributed by atoms with Gasteiger partial charge in [-0.05, 0) is 18.4 Å². The first-order valence-corrected chi connectivity index (χ1v) is 11.8. The lowest BCUT2D eigenvalue weighted by atomic mass is 10.0. The molecule has 2 aromatic heterocycles. The SMILES string of the molecule is O=C(C(c1ccccc1)N1CCN(Cc2cc(=O)n3ccsc3n2)CC1)N1CCCC1. The molecule has 0 N–H and O–H groups in total. The molecule has 0 saturated carbocycles. The first-order chi connectivity index (χ1) is 15.2. The van der Waals surface area contributed by atoms with Crippen LogP contribution in [-0.4, -0.2) is 69.3 Å². The van der Waals surface area contributed by atoms with E-state index in [1.165, 1.54) is 11.3 Å². The van der Waals surface area contributed by atoms with E-state index in [1.54, 1.807) is 16.7 Å². The molecule has 7 nitrogen and oxygen atoms in total.